The summed E-state index contributed by atoms with van der Waals surface area (Å²) in [6.07, 6.45) is -0.988. The SMILES string of the molecule is CC(CC(=O)O)C(O)c1cc(Cl)cc(Cl)c1. The lowest BCUT2D eigenvalue weighted by atomic mass is 9.95. The van der Waals surface area contributed by atoms with Crippen LogP contribution in [0.4, 0.5) is 0 Å². The molecule has 2 N–H and O–H groups in total. The highest BCUT2D eigenvalue weighted by molar-refractivity contribution is 6.34. The Hall–Kier alpha value is -0.770. The molecule has 0 saturated heterocycles. The molecule has 2 unspecified atom stereocenters. The first-order valence-corrected chi connectivity index (χ1v) is 5.51. The molecule has 0 radical (unpaired) electrons. The summed E-state index contributed by atoms with van der Waals surface area (Å²) in [4.78, 5) is 10.5. The molecule has 5 heteroatoms. The van der Waals surface area contributed by atoms with Crippen molar-refractivity contribution in [3.8, 4) is 0 Å². The Morgan fingerprint density at radius 3 is 2.25 bits per heavy atom. The lowest BCUT2D eigenvalue weighted by molar-refractivity contribution is -0.139. The average Bonchev–Trinajstić information content (AvgIpc) is 2.13. The summed E-state index contributed by atoms with van der Waals surface area (Å²) in [5.74, 6) is -1.34. The Labute approximate surface area is 104 Å². The van der Waals surface area contributed by atoms with Crippen LogP contribution in [0.1, 0.15) is 25.0 Å². The van der Waals surface area contributed by atoms with E-state index in [-0.39, 0.29) is 6.42 Å². The topological polar surface area (TPSA) is 57.5 Å². The van der Waals surface area contributed by atoms with Gasteiger partial charge in [-0.1, -0.05) is 30.1 Å². The number of aliphatic hydroxyl groups is 1. The van der Waals surface area contributed by atoms with Gasteiger partial charge in [0.1, 0.15) is 0 Å². The van der Waals surface area contributed by atoms with Crippen LogP contribution in [-0.2, 0) is 4.79 Å². The molecule has 1 aromatic carbocycles. The average molecular weight is 263 g/mol. The monoisotopic (exact) mass is 262 g/mol. The van der Waals surface area contributed by atoms with Gasteiger partial charge in [-0.3, -0.25) is 4.79 Å². The van der Waals surface area contributed by atoms with E-state index in [4.69, 9.17) is 28.3 Å². The molecule has 0 bridgehead atoms. The van der Waals surface area contributed by atoms with Crippen LogP contribution in [0, 0.1) is 5.92 Å². The Bertz CT molecular complexity index is 373. The van der Waals surface area contributed by atoms with E-state index >= 15 is 0 Å². The molecular formula is C11H12Cl2O3. The molecule has 0 saturated carbocycles. The summed E-state index contributed by atoms with van der Waals surface area (Å²) < 4.78 is 0. The zero-order chi connectivity index (χ0) is 12.3. The number of aliphatic hydroxyl groups excluding tert-OH is 1. The minimum absolute atomic E-state index is 0.106. The van der Waals surface area contributed by atoms with Crippen molar-refractivity contribution in [3.05, 3.63) is 33.8 Å². The fraction of sp³-hybridized carbons (Fsp3) is 0.364. The molecule has 0 aliphatic heterocycles. The standard InChI is InChI=1S/C11H12Cl2O3/c1-6(2-10(14)15)11(16)7-3-8(12)5-9(13)4-7/h3-6,11,16H,2H2,1H3,(H,14,15). The van der Waals surface area contributed by atoms with E-state index in [2.05, 4.69) is 0 Å². The predicted octanol–water partition coefficient (Wildman–Crippen LogP) is 3.14. The van der Waals surface area contributed by atoms with Crippen LogP contribution in [-0.4, -0.2) is 16.2 Å². The van der Waals surface area contributed by atoms with Gasteiger partial charge in [0.05, 0.1) is 12.5 Å². The van der Waals surface area contributed by atoms with E-state index in [1.807, 2.05) is 0 Å². The summed E-state index contributed by atoms with van der Waals surface area (Å²) in [6, 6.07) is 4.72. The minimum atomic E-state index is -0.945. The van der Waals surface area contributed by atoms with Crippen LogP contribution in [0.15, 0.2) is 18.2 Å². The predicted molar refractivity (Wildman–Crippen MR) is 62.8 cm³/mol. The van der Waals surface area contributed by atoms with Crippen LogP contribution >= 0.6 is 23.2 Å². The first-order chi connectivity index (χ1) is 7.40. The fourth-order valence-corrected chi connectivity index (χ4v) is 2.00. The number of hydrogen-bond donors (Lipinski definition) is 2. The second-order valence-electron chi connectivity index (χ2n) is 3.72. The van der Waals surface area contributed by atoms with Gasteiger partial charge in [0.25, 0.3) is 0 Å². The number of carbonyl (C=O) groups is 1. The van der Waals surface area contributed by atoms with Crippen molar-refractivity contribution >= 4 is 29.2 Å². The van der Waals surface area contributed by atoms with Crippen LogP contribution in [0.25, 0.3) is 0 Å². The molecule has 0 aromatic heterocycles. The number of rotatable bonds is 4. The zero-order valence-electron chi connectivity index (χ0n) is 8.65. The third-order valence-electron chi connectivity index (χ3n) is 2.26. The third-order valence-corrected chi connectivity index (χ3v) is 2.70. The van der Waals surface area contributed by atoms with Crippen LogP contribution in [0.5, 0.6) is 0 Å². The van der Waals surface area contributed by atoms with E-state index in [1.54, 1.807) is 25.1 Å². The fourth-order valence-electron chi connectivity index (χ4n) is 1.46. The lowest BCUT2D eigenvalue weighted by Crippen LogP contribution is -2.13. The highest BCUT2D eigenvalue weighted by Gasteiger charge is 2.19. The molecular weight excluding hydrogens is 251 g/mol. The Morgan fingerprint density at radius 2 is 1.81 bits per heavy atom. The first-order valence-electron chi connectivity index (χ1n) is 4.76. The van der Waals surface area contributed by atoms with E-state index in [0.717, 1.165) is 0 Å². The second-order valence-corrected chi connectivity index (χ2v) is 4.60. The molecule has 0 aliphatic carbocycles. The van der Waals surface area contributed by atoms with Gasteiger partial charge in [0.2, 0.25) is 0 Å². The third kappa shape index (κ3) is 3.67. The van der Waals surface area contributed by atoms with Crippen molar-refractivity contribution in [3.63, 3.8) is 0 Å². The molecule has 2 atom stereocenters. The Kier molecular flexibility index (Phi) is 4.59. The van der Waals surface area contributed by atoms with Gasteiger partial charge >= 0.3 is 5.97 Å². The number of benzene rings is 1. The minimum Gasteiger partial charge on any atom is -0.481 e. The maximum absolute atomic E-state index is 10.5. The molecule has 3 nitrogen and oxygen atoms in total. The smallest absolute Gasteiger partial charge is 0.303 e. The van der Waals surface area contributed by atoms with Gasteiger partial charge in [-0.05, 0) is 29.7 Å². The normalized spacial score (nSPS) is 14.5. The van der Waals surface area contributed by atoms with Crippen LogP contribution < -0.4 is 0 Å². The van der Waals surface area contributed by atoms with Crippen molar-refractivity contribution < 1.29 is 15.0 Å². The summed E-state index contributed by atoms with van der Waals surface area (Å²) in [7, 11) is 0. The van der Waals surface area contributed by atoms with Crippen molar-refractivity contribution in [1.82, 2.24) is 0 Å². The van der Waals surface area contributed by atoms with Crippen molar-refractivity contribution in [1.29, 1.82) is 0 Å². The molecule has 1 rings (SSSR count). The lowest BCUT2D eigenvalue weighted by Gasteiger charge is -2.17. The molecule has 1 aromatic rings. The quantitative estimate of drug-likeness (QED) is 0.877. The molecule has 16 heavy (non-hydrogen) atoms. The Balaban J connectivity index is 2.86. The summed E-state index contributed by atoms with van der Waals surface area (Å²) >= 11 is 11.6. The highest BCUT2D eigenvalue weighted by Crippen LogP contribution is 2.29. The van der Waals surface area contributed by atoms with Crippen molar-refractivity contribution in [2.24, 2.45) is 5.92 Å². The van der Waals surface area contributed by atoms with Gasteiger partial charge in [-0.25, -0.2) is 0 Å². The van der Waals surface area contributed by atoms with E-state index in [9.17, 15) is 9.90 Å². The zero-order valence-corrected chi connectivity index (χ0v) is 10.2. The van der Waals surface area contributed by atoms with E-state index in [0.29, 0.717) is 15.6 Å². The molecule has 88 valence electrons. The van der Waals surface area contributed by atoms with Crippen molar-refractivity contribution in [2.75, 3.05) is 0 Å². The summed E-state index contributed by atoms with van der Waals surface area (Å²) in [5.41, 5.74) is 0.534. The molecule has 0 aliphatic rings. The van der Waals surface area contributed by atoms with Crippen LogP contribution in [0.3, 0.4) is 0 Å². The maximum Gasteiger partial charge on any atom is 0.303 e. The number of hydrogen-bond acceptors (Lipinski definition) is 2. The van der Waals surface area contributed by atoms with Gasteiger partial charge < -0.3 is 10.2 Å². The molecule has 0 amide bonds. The van der Waals surface area contributed by atoms with Crippen molar-refractivity contribution in [2.45, 2.75) is 19.4 Å². The largest absolute Gasteiger partial charge is 0.481 e. The maximum atomic E-state index is 10.5. The number of halogens is 2. The van der Waals surface area contributed by atoms with E-state index < -0.39 is 18.0 Å². The number of carboxylic acids is 1. The van der Waals surface area contributed by atoms with Gasteiger partial charge in [0.15, 0.2) is 0 Å². The Morgan fingerprint density at radius 1 is 1.31 bits per heavy atom. The van der Waals surface area contributed by atoms with E-state index in [1.165, 1.54) is 0 Å². The van der Waals surface area contributed by atoms with Gasteiger partial charge in [0, 0.05) is 10.0 Å². The highest BCUT2D eigenvalue weighted by atomic mass is 35.5. The first kappa shape index (κ1) is 13.3. The molecule has 0 spiro atoms. The van der Waals surface area contributed by atoms with Gasteiger partial charge in [-0.2, -0.15) is 0 Å². The number of aliphatic carboxylic acids is 1. The van der Waals surface area contributed by atoms with Crippen LogP contribution in [0.2, 0.25) is 10.0 Å². The summed E-state index contributed by atoms with van der Waals surface area (Å²) in [6.45, 7) is 1.66. The summed E-state index contributed by atoms with van der Waals surface area (Å²) in [5, 5.41) is 19.4. The molecule has 0 heterocycles. The number of carboxylic acid groups (broad SMARTS) is 1. The van der Waals surface area contributed by atoms with Gasteiger partial charge in [-0.15, -0.1) is 0 Å². The molecule has 0 fully saturated rings. The second kappa shape index (κ2) is 5.53.